The summed E-state index contributed by atoms with van der Waals surface area (Å²) < 4.78 is 0. The zero-order valence-corrected chi connectivity index (χ0v) is 15.3. The summed E-state index contributed by atoms with van der Waals surface area (Å²) in [5.74, 6) is 1.38. The number of ketones is 1. The monoisotopic (exact) mass is 309 g/mol. The van der Waals surface area contributed by atoms with Gasteiger partial charge in [-0.3, -0.25) is 9.69 Å². The predicted molar refractivity (Wildman–Crippen MR) is 92.2 cm³/mol. The quantitative estimate of drug-likeness (QED) is 0.775. The molecule has 2 fully saturated rings. The molecule has 0 amide bonds. The first-order chi connectivity index (χ1) is 10.3. The van der Waals surface area contributed by atoms with Gasteiger partial charge in [-0.25, -0.2) is 0 Å². The second kappa shape index (κ2) is 7.41. The Hall–Kier alpha value is -0.450. The molecule has 4 nitrogen and oxygen atoms in total. The molecule has 1 unspecified atom stereocenters. The van der Waals surface area contributed by atoms with Crippen molar-refractivity contribution in [2.24, 2.45) is 11.8 Å². The molecule has 0 aromatic carbocycles. The van der Waals surface area contributed by atoms with E-state index in [-0.39, 0.29) is 5.92 Å². The average molecular weight is 309 g/mol. The number of carbonyl (C=O) groups excluding carboxylic acids is 1. The molecule has 2 aliphatic heterocycles. The van der Waals surface area contributed by atoms with Gasteiger partial charge in [0.05, 0.1) is 6.54 Å². The maximum atomic E-state index is 11.9. The molecule has 2 rings (SSSR count). The maximum absolute atomic E-state index is 11.9. The SMILES string of the molecule is CC(C)C(=O)CN1CCN(CC2CCN(C)C(C)(C)C2)CC1. The normalized spacial score (nSPS) is 28.2. The first-order valence-corrected chi connectivity index (χ1v) is 8.96. The van der Waals surface area contributed by atoms with Crippen LogP contribution in [-0.2, 0) is 4.79 Å². The van der Waals surface area contributed by atoms with E-state index < -0.39 is 0 Å². The number of Topliss-reactive ketones (excluding diaryl/α,β-unsaturated/α-hetero) is 1. The Labute approximate surface area is 136 Å². The summed E-state index contributed by atoms with van der Waals surface area (Å²) in [5.41, 5.74) is 0.342. The summed E-state index contributed by atoms with van der Waals surface area (Å²) in [7, 11) is 2.25. The summed E-state index contributed by atoms with van der Waals surface area (Å²) in [6, 6.07) is 0. The van der Waals surface area contributed by atoms with E-state index in [1.807, 2.05) is 13.8 Å². The molecule has 2 saturated heterocycles. The molecule has 0 aromatic rings. The molecule has 2 heterocycles. The van der Waals surface area contributed by atoms with Gasteiger partial charge >= 0.3 is 0 Å². The van der Waals surface area contributed by atoms with Crippen LogP contribution in [0.2, 0.25) is 0 Å². The fraction of sp³-hybridized carbons (Fsp3) is 0.944. The van der Waals surface area contributed by atoms with E-state index in [0.717, 1.165) is 32.1 Å². The fourth-order valence-corrected chi connectivity index (χ4v) is 3.70. The molecule has 128 valence electrons. The standard InChI is InChI=1S/C18H35N3O/c1-15(2)17(22)14-21-10-8-20(9-11-21)13-16-6-7-19(5)18(3,4)12-16/h15-16H,6-14H2,1-5H3. The largest absolute Gasteiger partial charge is 0.301 e. The molecule has 0 radical (unpaired) electrons. The van der Waals surface area contributed by atoms with E-state index in [2.05, 4.69) is 35.6 Å². The van der Waals surface area contributed by atoms with Gasteiger partial charge in [-0.05, 0) is 46.2 Å². The van der Waals surface area contributed by atoms with Crippen LogP contribution in [0.15, 0.2) is 0 Å². The van der Waals surface area contributed by atoms with Crippen LogP contribution in [0.4, 0.5) is 0 Å². The molecular weight excluding hydrogens is 274 g/mol. The van der Waals surface area contributed by atoms with Crippen LogP contribution < -0.4 is 0 Å². The highest BCUT2D eigenvalue weighted by Crippen LogP contribution is 2.30. The summed E-state index contributed by atoms with van der Waals surface area (Å²) in [6.45, 7) is 16.2. The summed E-state index contributed by atoms with van der Waals surface area (Å²) in [4.78, 5) is 19.3. The maximum Gasteiger partial charge on any atom is 0.149 e. The molecule has 0 aliphatic carbocycles. The van der Waals surface area contributed by atoms with Crippen molar-refractivity contribution in [2.75, 3.05) is 52.9 Å². The number of likely N-dealkylation sites (tertiary alicyclic amines) is 1. The average Bonchev–Trinajstić information content (AvgIpc) is 2.44. The Morgan fingerprint density at radius 1 is 1.09 bits per heavy atom. The lowest BCUT2D eigenvalue weighted by Gasteiger charge is -2.45. The van der Waals surface area contributed by atoms with Crippen molar-refractivity contribution in [3.63, 3.8) is 0 Å². The molecule has 1 atom stereocenters. The van der Waals surface area contributed by atoms with Gasteiger partial charge in [-0.15, -0.1) is 0 Å². The predicted octanol–water partition coefficient (Wildman–Crippen LogP) is 1.95. The van der Waals surface area contributed by atoms with E-state index in [1.54, 1.807) is 0 Å². The zero-order chi connectivity index (χ0) is 16.3. The Morgan fingerprint density at radius 2 is 1.68 bits per heavy atom. The molecule has 0 aromatic heterocycles. The van der Waals surface area contributed by atoms with Crippen LogP contribution in [0, 0.1) is 11.8 Å². The van der Waals surface area contributed by atoms with E-state index in [0.29, 0.717) is 17.9 Å². The number of rotatable bonds is 5. The van der Waals surface area contributed by atoms with Gasteiger partial charge in [-0.1, -0.05) is 13.8 Å². The Balaban J connectivity index is 1.73. The second-order valence-electron chi connectivity index (χ2n) is 8.29. The highest BCUT2D eigenvalue weighted by Gasteiger charge is 2.33. The second-order valence-corrected chi connectivity index (χ2v) is 8.29. The molecule has 0 N–H and O–H groups in total. The van der Waals surface area contributed by atoms with E-state index in [4.69, 9.17) is 0 Å². The Bertz CT molecular complexity index is 373. The van der Waals surface area contributed by atoms with Gasteiger partial charge in [-0.2, -0.15) is 0 Å². The third-order valence-electron chi connectivity index (χ3n) is 5.70. The lowest BCUT2D eigenvalue weighted by Crippen LogP contribution is -2.52. The van der Waals surface area contributed by atoms with Crippen LogP contribution >= 0.6 is 0 Å². The third kappa shape index (κ3) is 4.77. The minimum atomic E-state index is 0.166. The van der Waals surface area contributed by atoms with E-state index >= 15 is 0 Å². The fourth-order valence-electron chi connectivity index (χ4n) is 3.70. The van der Waals surface area contributed by atoms with Crippen molar-refractivity contribution >= 4 is 5.78 Å². The molecule has 4 heteroatoms. The zero-order valence-electron chi connectivity index (χ0n) is 15.3. The first-order valence-electron chi connectivity index (χ1n) is 8.96. The third-order valence-corrected chi connectivity index (χ3v) is 5.70. The number of nitrogens with zero attached hydrogens (tertiary/aromatic N) is 3. The number of hydrogen-bond donors (Lipinski definition) is 0. The van der Waals surface area contributed by atoms with Gasteiger partial charge in [0.1, 0.15) is 5.78 Å². The van der Waals surface area contributed by atoms with Crippen molar-refractivity contribution in [3.8, 4) is 0 Å². The van der Waals surface area contributed by atoms with Gasteiger partial charge in [0.2, 0.25) is 0 Å². The van der Waals surface area contributed by atoms with Gasteiger partial charge in [0.25, 0.3) is 0 Å². The summed E-state index contributed by atoms with van der Waals surface area (Å²) >= 11 is 0. The van der Waals surface area contributed by atoms with Crippen LogP contribution in [-0.4, -0.2) is 78.9 Å². The molecule has 0 saturated carbocycles. The van der Waals surface area contributed by atoms with Crippen molar-refractivity contribution in [1.29, 1.82) is 0 Å². The van der Waals surface area contributed by atoms with Gasteiger partial charge in [0.15, 0.2) is 0 Å². The Morgan fingerprint density at radius 3 is 2.23 bits per heavy atom. The number of piperazine rings is 1. The van der Waals surface area contributed by atoms with Crippen molar-refractivity contribution in [2.45, 2.75) is 46.1 Å². The molecule has 0 bridgehead atoms. The minimum Gasteiger partial charge on any atom is -0.301 e. The van der Waals surface area contributed by atoms with Crippen molar-refractivity contribution < 1.29 is 4.79 Å². The number of piperidine rings is 1. The highest BCUT2D eigenvalue weighted by atomic mass is 16.1. The molecular formula is C18H35N3O. The van der Waals surface area contributed by atoms with Crippen LogP contribution in [0.25, 0.3) is 0 Å². The van der Waals surface area contributed by atoms with Crippen molar-refractivity contribution in [1.82, 2.24) is 14.7 Å². The lowest BCUT2D eigenvalue weighted by atomic mass is 9.83. The molecule has 0 spiro atoms. The Kier molecular flexibility index (Phi) is 6.03. The summed E-state index contributed by atoms with van der Waals surface area (Å²) in [5, 5.41) is 0. The topological polar surface area (TPSA) is 26.8 Å². The molecule has 2 aliphatic rings. The number of carbonyl (C=O) groups is 1. The van der Waals surface area contributed by atoms with Gasteiger partial charge < -0.3 is 9.80 Å². The molecule has 22 heavy (non-hydrogen) atoms. The van der Waals surface area contributed by atoms with Gasteiger partial charge in [0, 0.05) is 44.2 Å². The van der Waals surface area contributed by atoms with Crippen molar-refractivity contribution in [3.05, 3.63) is 0 Å². The highest BCUT2D eigenvalue weighted by molar-refractivity contribution is 5.82. The number of hydrogen-bond acceptors (Lipinski definition) is 4. The van der Waals surface area contributed by atoms with Crippen LogP contribution in [0.3, 0.4) is 0 Å². The first kappa shape index (κ1) is 17.9. The van der Waals surface area contributed by atoms with Crippen LogP contribution in [0.1, 0.15) is 40.5 Å². The smallest absolute Gasteiger partial charge is 0.149 e. The van der Waals surface area contributed by atoms with E-state index in [1.165, 1.54) is 25.9 Å². The van der Waals surface area contributed by atoms with E-state index in [9.17, 15) is 4.79 Å². The lowest BCUT2D eigenvalue weighted by molar-refractivity contribution is -0.123. The minimum absolute atomic E-state index is 0.166. The van der Waals surface area contributed by atoms with Crippen LogP contribution in [0.5, 0.6) is 0 Å². The summed E-state index contributed by atoms with van der Waals surface area (Å²) in [6.07, 6.45) is 2.63.